The summed E-state index contributed by atoms with van der Waals surface area (Å²) in [5.74, 6) is -0.146. The first-order valence-electron chi connectivity index (χ1n) is 6.03. The van der Waals surface area contributed by atoms with Gasteiger partial charge in [0.25, 0.3) is 0 Å². The van der Waals surface area contributed by atoms with Gasteiger partial charge in [0, 0.05) is 5.41 Å². The Labute approximate surface area is 95.3 Å². The van der Waals surface area contributed by atoms with Crippen LogP contribution < -0.4 is 0 Å². The lowest BCUT2D eigenvalue weighted by molar-refractivity contribution is -0.139. The Hall–Kier alpha value is -1.31. The topological polar surface area (TPSA) is 37.3 Å². The first-order valence-corrected chi connectivity index (χ1v) is 6.03. The lowest BCUT2D eigenvalue weighted by Crippen LogP contribution is -2.30. The first kappa shape index (κ1) is 9.88. The van der Waals surface area contributed by atoms with Crippen molar-refractivity contribution in [2.75, 3.05) is 0 Å². The number of carboxylic acids is 1. The van der Waals surface area contributed by atoms with E-state index in [4.69, 9.17) is 0 Å². The average molecular weight is 216 g/mol. The predicted octanol–water partition coefficient (Wildman–Crippen LogP) is 2.83. The molecule has 0 aliphatic heterocycles. The third-order valence-corrected chi connectivity index (χ3v) is 4.45. The largest absolute Gasteiger partial charge is 0.481 e. The second kappa shape index (κ2) is 3.34. The Morgan fingerprint density at radius 1 is 1.25 bits per heavy atom. The molecule has 2 saturated carbocycles. The maximum Gasteiger partial charge on any atom is 0.307 e. The molecule has 1 N–H and O–H groups in total. The Morgan fingerprint density at radius 3 is 2.38 bits per heavy atom. The number of hydrogen-bond donors (Lipinski definition) is 1. The number of aliphatic carboxylic acids is 1. The molecule has 0 spiro atoms. The van der Waals surface area contributed by atoms with Crippen LogP contribution in [-0.4, -0.2) is 11.1 Å². The highest BCUT2D eigenvalue weighted by Gasteiger charge is 2.64. The second-order valence-corrected chi connectivity index (χ2v) is 5.13. The molecule has 16 heavy (non-hydrogen) atoms. The standard InChI is InChI=1S/C14H16O2/c15-13(16)12-9-14(12,11-7-4-8-11)10-5-2-1-3-6-10/h1-3,5-6,11-12H,4,7-9H2,(H,15,16)/t12-,14?/m0/s1. The summed E-state index contributed by atoms with van der Waals surface area (Å²) in [6.45, 7) is 0. The van der Waals surface area contributed by atoms with E-state index in [0.29, 0.717) is 5.92 Å². The minimum absolute atomic E-state index is 0.0225. The molecular formula is C14H16O2. The molecule has 3 rings (SSSR count). The minimum atomic E-state index is -0.615. The molecule has 0 amide bonds. The van der Waals surface area contributed by atoms with Gasteiger partial charge in [0.15, 0.2) is 0 Å². The van der Waals surface area contributed by atoms with E-state index < -0.39 is 5.97 Å². The summed E-state index contributed by atoms with van der Waals surface area (Å²) in [7, 11) is 0. The van der Waals surface area contributed by atoms with Gasteiger partial charge >= 0.3 is 5.97 Å². The minimum Gasteiger partial charge on any atom is -0.481 e. The van der Waals surface area contributed by atoms with Crippen LogP contribution in [0.1, 0.15) is 31.2 Å². The molecule has 2 aliphatic carbocycles. The van der Waals surface area contributed by atoms with E-state index in [9.17, 15) is 9.90 Å². The zero-order valence-electron chi connectivity index (χ0n) is 9.23. The highest BCUT2D eigenvalue weighted by Crippen LogP contribution is 2.63. The number of hydrogen-bond acceptors (Lipinski definition) is 1. The van der Waals surface area contributed by atoms with Crippen molar-refractivity contribution < 1.29 is 9.90 Å². The number of carboxylic acid groups (broad SMARTS) is 1. The van der Waals surface area contributed by atoms with Gasteiger partial charge in [0.05, 0.1) is 5.92 Å². The van der Waals surface area contributed by atoms with Gasteiger partial charge in [0.1, 0.15) is 0 Å². The maximum absolute atomic E-state index is 11.2. The maximum atomic E-state index is 11.2. The number of benzene rings is 1. The quantitative estimate of drug-likeness (QED) is 0.843. The first-order chi connectivity index (χ1) is 7.75. The van der Waals surface area contributed by atoms with Crippen LogP contribution >= 0.6 is 0 Å². The summed E-state index contributed by atoms with van der Waals surface area (Å²) >= 11 is 0. The van der Waals surface area contributed by atoms with Gasteiger partial charge in [-0.25, -0.2) is 0 Å². The molecule has 1 unspecified atom stereocenters. The van der Waals surface area contributed by atoms with Gasteiger partial charge in [-0.05, 0) is 30.7 Å². The van der Waals surface area contributed by atoms with Crippen molar-refractivity contribution in [2.45, 2.75) is 31.1 Å². The van der Waals surface area contributed by atoms with E-state index in [0.717, 1.165) is 6.42 Å². The van der Waals surface area contributed by atoms with Crippen LogP contribution in [0.2, 0.25) is 0 Å². The van der Waals surface area contributed by atoms with Crippen LogP contribution in [0.15, 0.2) is 30.3 Å². The van der Waals surface area contributed by atoms with Crippen molar-refractivity contribution >= 4 is 5.97 Å². The lowest BCUT2D eigenvalue weighted by atomic mass is 9.69. The Kier molecular flexibility index (Phi) is 2.06. The summed E-state index contributed by atoms with van der Waals surface area (Å²) in [6.07, 6.45) is 4.53. The van der Waals surface area contributed by atoms with E-state index in [-0.39, 0.29) is 11.3 Å². The van der Waals surface area contributed by atoms with E-state index in [1.807, 2.05) is 18.2 Å². The average Bonchev–Trinajstić information content (AvgIpc) is 2.93. The summed E-state index contributed by atoms with van der Waals surface area (Å²) in [4.78, 5) is 11.2. The Morgan fingerprint density at radius 2 is 1.94 bits per heavy atom. The van der Waals surface area contributed by atoms with Crippen LogP contribution in [-0.2, 0) is 10.2 Å². The molecule has 2 aliphatic rings. The van der Waals surface area contributed by atoms with Crippen LogP contribution in [0.4, 0.5) is 0 Å². The summed E-state index contributed by atoms with van der Waals surface area (Å²) in [6, 6.07) is 10.2. The van der Waals surface area contributed by atoms with Crippen molar-refractivity contribution in [3.63, 3.8) is 0 Å². The van der Waals surface area contributed by atoms with Crippen molar-refractivity contribution in [3.8, 4) is 0 Å². The fraction of sp³-hybridized carbons (Fsp3) is 0.500. The fourth-order valence-electron chi connectivity index (χ4n) is 3.26. The van der Waals surface area contributed by atoms with Crippen LogP contribution in [0, 0.1) is 11.8 Å². The Bertz CT molecular complexity index is 408. The van der Waals surface area contributed by atoms with Gasteiger partial charge in [-0.15, -0.1) is 0 Å². The third-order valence-electron chi connectivity index (χ3n) is 4.45. The van der Waals surface area contributed by atoms with E-state index in [1.54, 1.807) is 0 Å². The van der Waals surface area contributed by atoms with Crippen molar-refractivity contribution in [2.24, 2.45) is 11.8 Å². The summed E-state index contributed by atoms with van der Waals surface area (Å²) in [5.41, 5.74) is 1.22. The number of carbonyl (C=O) groups is 1. The van der Waals surface area contributed by atoms with Gasteiger partial charge in [0.2, 0.25) is 0 Å². The molecule has 1 aromatic carbocycles. The Balaban J connectivity index is 1.95. The zero-order valence-corrected chi connectivity index (χ0v) is 9.23. The molecule has 2 fully saturated rings. The van der Waals surface area contributed by atoms with Crippen LogP contribution in [0.5, 0.6) is 0 Å². The zero-order chi connectivity index (χ0) is 11.2. The summed E-state index contributed by atoms with van der Waals surface area (Å²) in [5, 5.41) is 9.22. The molecule has 0 bridgehead atoms. The molecular weight excluding hydrogens is 200 g/mol. The van der Waals surface area contributed by atoms with E-state index in [2.05, 4.69) is 12.1 Å². The smallest absolute Gasteiger partial charge is 0.307 e. The van der Waals surface area contributed by atoms with Gasteiger partial charge in [-0.3, -0.25) is 4.79 Å². The predicted molar refractivity (Wildman–Crippen MR) is 61.2 cm³/mol. The molecule has 84 valence electrons. The van der Waals surface area contributed by atoms with Gasteiger partial charge in [-0.1, -0.05) is 36.8 Å². The molecule has 2 nitrogen and oxygen atoms in total. The fourth-order valence-corrected chi connectivity index (χ4v) is 3.26. The van der Waals surface area contributed by atoms with Gasteiger partial charge in [-0.2, -0.15) is 0 Å². The highest BCUT2D eigenvalue weighted by molar-refractivity contribution is 5.77. The van der Waals surface area contributed by atoms with Gasteiger partial charge < -0.3 is 5.11 Å². The second-order valence-electron chi connectivity index (χ2n) is 5.13. The molecule has 0 heterocycles. The molecule has 0 radical (unpaired) electrons. The van der Waals surface area contributed by atoms with E-state index >= 15 is 0 Å². The molecule has 0 saturated heterocycles. The third kappa shape index (κ3) is 1.22. The highest BCUT2D eigenvalue weighted by atomic mass is 16.4. The molecule has 1 aromatic rings. The molecule has 2 heteroatoms. The molecule has 0 aromatic heterocycles. The van der Waals surface area contributed by atoms with Crippen molar-refractivity contribution in [1.82, 2.24) is 0 Å². The SMILES string of the molecule is O=C(O)[C@@H]1CC1(c1ccccc1)C1CCC1. The van der Waals surface area contributed by atoms with Crippen molar-refractivity contribution in [1.29, 1.82) is 0 Å². The lowest BCUT2D eigenvalue weighted by Gasteiger charge is -2.35. The monoisotopic (exact) mass is 216 g/mol. The van der Waals surface area contributed by atoms with Crippen LogP contribution in [0.3, 0.4) is 0 Å². The normalized spacial score (nSPS) is 33.1. The summed E-state index contributed by atoms with van der Waals surface area (Å²) < 4.78 is 0. The van der Waals surface area contributed by atoms with E-state index in [1.165, 1.54) is 24.8 Å². The van der Waals surface area contributed by atoms with Crippen molar-refractivity contribution in [3.05, 3.63) is 35.9 Å². The number of rotatable bonds is 3. The molecule has 2 atom stereocenters. The van der Waals surface area contributed by atoms with Crippen LogP contribution in [0.25, 0.3) is 0 Å².